The van der Waals surface area contributed by atoms with Crippen LogP contribution in [0.5, 0.6) is 0 Å². The van der Waals surface area contributed by atoms with Crippen molar-refractivity contribution in [3.63, 3.8) is 0 Å². The number of hydrogen-bond acceptors (Lipinski definition) is 9. The summed E-state index contributed by atoms with van der Waals surface area (Å²) in [5, 5.41) is 19.3. The third-order valence-electron chi connectivity index (χ3n) is 10.7. The number of nitrogen functional groups attached to an aromatic ring is 1. The Morgan fingerprint density at radius 3 is 1.73 bits per heavy atom. The molecular formula is C43H51N9O6S. The molecule has 0 radical (unpaired) electrons. The Hall–Kier alpha value is -5.94. The van der Waals surface area contributed by atoms with E-state index in [4.69, 9.17) is 11.1 Å². The Bertz CT molecular complexity index is 2230. The maximum Gasteiger partial charge on any atom is 0.243 e. The molecule has 6 bridgehead atoms. The highest BCUT2D eigenvalue weighted by Crippen LogP contribution is 2.18. The van der Waals surface area contributed by atoms with Gasteiger partial charge in [0.15, 0.2) is 0 Å². The molecule has 8 N–H and O–H groups in total. The molecule has 4 aromatic carbocycles. The van der Waals surface area contributed by atoms with Crippen LogP contribution >= 0.6 is 0 Å². The predicted molar refractivity (Wildman–Crippen MR) is 227 cm³/mol. The zero-order valence-corrected chi connectivity index (χ0v) is 33.9. The van der Waals surface area contributed by atoms with Crippen LogP contribution in [0.25, 0.3) is 0 Å². The molecule has 59 heavy (non-hydrogen) atoms. The number of piperazine rings is 1. The summed E-state index contributed by atoms with van der Waals surface area (Å²) in [5.41, 5.74) is 9.78. The summed E-state index contributed by atoms with van der Waals surface area (Å²) < 4.78 is 29.7. The molecule has 10 rings (SSSR count). The van der Waals surface area contributed by atoms with E-state index in [0.717, 1.165) is 5.56 Å². The van der Waals surface area contributed by atoms with E-state index in [1.807, 2.05) is 13.8 Å². The Morgan fingerprint density at radius 1 is 0.712 bits per heavy atom. The van der Waals surface area contributed by atoms with Crippen molar-refractivity contribution in [2.45, 2.75) is 63.2 Å². The molecule has 0 spiro atoms. The standard InChI is InChI=1S/C43H51N9O6S/c1-28-40(53)47-35-16-10-30(11-17-35)24-37(42(55)46-26-32-8-14-34(15-9-32)39(44)45)49-43(56)38(50-59(57,58)27-33-6-4-3-5-7-33)25-31-12-18-36(19-13-31)48-41(54)29(2)52-22-20-51(28)21-23-52/h3-19,28-29,37-38,50H,20-27H2,1-2H3,(H3,44,45)(H,46,55)(H,47,53)(H,48,54)(H,49,56)/t28-,29+,37-,38+/m0/s1. The number of nitrogens with zero attached hydrogens (tertiary/aromatic N) is 2. The lowest BCUT2D eigenvalue weighted by atomic mass is 10.0. The molecule has 0 aliphatic carbocycles. The maximum atomic E-state index is 14.3. The first-order valence-electron chi connectivity index (χ1n) is 19.6. The van der Waals surface area contributed by atoms with Gasteiger partial charge in [0.25, 0.3) is 0 Å². The molecule has 4 atom stereocenters. The second kappa shape index (κ2) is 19.2. The summed E-state index contributed by atoms with van der Waals surface area (Å²) in [5.74, 6) is -2.07. The van der Waals surface area contributed by atoms with Gasteiger partial charge in [-0.1, -0.05) is 78.9 Å². The van der Waals surface area contributed by atoms with Crippen molar-refractivity contribution < 1.29 is 27.6 Å². The summed E-state index contributed by atoms with van der Waals surface area (Å²) >= 11 is 0. The second-order valence-corrected chi connectivity index (χ2v) is 16.8. The van der Waals surface area contributed by atoms with Gasteiger partial charge in [-0.25, -0.2) is 13.1 Å². The lowest BCUT2D eigenvalue weighted by Crippen LogP contribution is -2.56. The number of carbonyl (C=O) groups excluding carboxylic acids is 4. The van der Waals surface area contributed by atoms with Crippen molar-refractivity contribution in [3.8, 4) is 0 Å². The summed E-state index contributed by atoms with van der Waals surface area (Å²) in [6.45, 7) is 6.21. The van der Waals surface area contributed by atoms with Gasteiger partial charge < -0.3 is 27.0 Å². The van der Waals surface area contributed by atoms with Gasteiger partial charge in [-0.15, -0.1) is 0 Å². The van der Waals surface area contributed by atoms with Crippen LogP contribution in [0, 0.1) is 5.41 Å². The Kier molecular flexibility index (Phi) is 13.9. The van der Waals surface area contributed by atoms with Gasteiger partial charge in [-0.05, 0) is 66.8 Å². The second-order valence-electron chi connectivity index (χ2n) is 15.0. The van der Waals surface area contributed by atoms with Crippen LogP contribution < -0.4 is 31.7 Å². The Balaban J connectivity index is 1.30. The van der Waals surface area contributed by atoms with Crippen LogP contribution in [0.15, 0.2) is 103 Å². The van der Waals surface area contributed by atoms with Crippen molar-refractivity contribution in [1.82, 2.24) is 25.2 Å². The molecule has 4 aromatic rings. The highest BCUT2D eigenvalue weighted by atomic mass is 32.2. The fraction of sp³-hybridized carbons (Fsp3) is 0.326. The van der Waals surface area contributed by atoms with Crippen molar-refractivity contribution in [1.29, 1.82) is 5.41 Å². The summed E-state index contributed by atoms with van der Waals surface area (Å²) in [6.07, 6.45) is -0.00945. The van der Waals surface area contributed by atoms with Crippen LogP contribution in [0.3, 0.4) is 0 Å². The average molecular weight is 822 g/mol. The van der Waals surface area contributed by atoms with Crippen molar-refractivity contribution in [2.24, 2.45) is 5.73 Å². The van der Waals surface area contributed by atoms with Crippen LogP contribution in [-0.2, 0) is 54.3 Å². The largest absolute Gasteiger partial charge is 0.384 e. The van der Waals surface area contributed by atoms with Crippen LogP contribution in [0.4, 0.5) is 11.4 Å². The maximum absolute atomic E-state index is 14.3. The minimum Gasteiger partial charge on any atom is -0.384 e. The molecule has 310 valence electrons. The van der Waals surface area contributed by atoms with Crippen LogP contribution in [0.2, 0.25) is 0 Å². The average Bonchev–Trinajstić information content (AvgIpc) is 3.23. The molecule has 4 amide bonds. The van der Waals surface area contributed by atoms with Gasteiger partial charge in [0.05, 0.1) is 17.8 Å². The van der Waals surface area contributed by atoms with E-state index < -0.39 is 46.0 Å². The van der Waals surface area contributed by atoms with Gasteiger partial charge in [0.2, 0.25) is 33.7 Å². The quantitative estimate of drug-likeness (QED) is 0.102. The number of amides is 4. The number of nitrogens with one attached hydrogen (secondary N) is 6. The molecule has 15 nitrogen and oxygen atoms in total. The number of amidine groups is 1. The van der Waals surface area contributed by atoms with E-state index in [0.29, 0.717) is 59.8 Å². The molecule has 0 saturated carbocycles. The number of nitrogens with two attached hydrogens (primary N) is 1. The minimum absolute atomic E-state index is 0.0477. The lowest BCUT2D eigenvalue weighted by Gasteiger charge is -2.39. The molecule has 6 aliphatic rings. The SMILES string of the molecule is C[C@@H]1C(=O)Nc2ccc(cc2)C[C@@H](NS(=O)(=O)Cc2ccccc2)C(=O)N[C@H](C(=O)NCc2ccc(C(=N)N)cc2)Cc2ccc(cc2)NC(=O)[C@H](C)N2CCN1CC2. The van der Waals surface area contributed by atoms with Crippen LogP contribution in [-0.4, -0.2) is 98.0 Å². The highest BCUT2D eigenvalue weighted by molar-refractivity contribution is 7.88. The monoisotopic (exact) mass is 821 g/mol. The first kappa shape index (κ1) is 42.7. The number of hydrogen-bond donors (Lipinski definition) is 7. The number of fused-ring (bicyclic) bond motifs is 1. The minimum atomic E-state index is -4.06. The van der Waals surface area contributed by atoms with E-state index in [-0.39, 0.29) is 42.8 Å². The molecule has 6 heterocycles. The fourth-order valence-corrected chi connectivity index (χ4v) is 8.43. The zero-order valence-electron chi connectivity index (χ0n) is 33.1. The van der Waals surface area contributed by atoms with Gasteiger partial charge in [0.1, 0.15) is 17.9 Å². The smallest absolute Gasteiger partial charge is 0.243 e. The van der Waals surface area contributed by atoms with Gasteiger partial charge >= 0.3 is 0 Å². The number of carbonyl (C=O) groups is 4. The fourth-order valence-electron chi connectivity index (χ4n) is 7.09. The van der Waals surface area contributed by atoms with Crippen molar-refractivity contribution in [2.75, 3.05) is 36.8 Å². The number of rotatable bonds is 8. The third-order valence-corrected chi connectivity index (χ3v) is 12.1. The lowest BCUT2D eigenvalue weighted by molar-refractivity contribution is -0.129. The van der Waals surface area contributed by atoms with Gasteiger partial charge in [0, 0.05) is 56.1 Å². The van der Waals surface area contributed by atoms with Crippen molar-refractivity contribution in [3.05, 3.63) is 131 Å². The molecule has 0 unspecified atom stereocenters. The molecule has 6 aliphatic heterocycles. The Morgan fingerprint density at radius 2 is 1.22 bits per heavy atom. The number of anilines is 2. The highest BCUT2D eigenvalue weighted by Gasteiger charge is 2.32. The van der Waals surface area contributed by atoms with E-state index in [2.05, 4.69) is 35.8 Å². The molecular weight excluding hydrogens is 771 g/mol. The van der Waals surface area contributed by atoms with E-state index >= 15 is 0 Å². The van der Waals surface area contributed by atoms with E-state index in [9.17, 15) is 27.6 Å². The van der Waals surface area contributed by atoms with E-state index in [1.54, 1.807) is 103 Å². The predicted octanol–water partition coefficient (Wildman–Crippen LogP) is 2.33. The third kappa shape index (κ3) is 11.8. The van der Waals surface area contributed by atoms with Gasteiger partial charge in [-0.3, -0.25) is 34.4 Å². The normalized spacial score (nSPS) is 23.1. The number of sulfonamides is 1. The first-order chi connectivity index (χ1) is 28.2. The first-order valence-corrected chi connectivity index (χ1v) is 21.2. The Labute approximate surface area is 344 Å². The molecule has 1 fully saturated rings. The van der Waals surface area contributed by atoms with Gasteiger partial charge in [-0.2, -0.15) is 0 Å². The molecule has 0 aromatic heterocycles. The summed E-state index contributed by atoms with van der Waals surface area (Å²) in [4.78, 5) is 59.0. The summed E-state index contributed by atoms with van der Waals surface area (Å²) in [7, 11) is -4.06. The zero-order chi connectivity index (χ0) is 42.1. The number of benzene rings is 4. The van der Waals surface area contributed by atoms with Crippen LogP contribution in [0.1, 0.15) is 41.7 Å². The molecule has 16 heteroatoms. The van der Waals surface area contributed by atoms with Crippen molar-refractivity contribution >= 4 is 50.9 Å². The van der Waals surface area contributed by atoms with E-state index in [1.165, 1.54) is 0 Å². The molecule has 1 saturated heterocycles. The topological polar surface area (TPSA) is 219 Å². The summed E-state index contributed by atoms with van der Waals surface area (Å²) in [6, 6.07) is 25.9.